The third kappa shape index (κ3) is 2.51. The first kappa shape index (κ1) is 11.3. The van der Waals surface area contributed by atoms with Crippen LogP contribution in [-0.2, 0) is 16.6 Å². The highest BCUT2D eigenvalue weighted by Gasteiger charge is 2.35. The Labute approximate surface area is 93.7 Å². The number of benzene rings is 1. The largest absolute Gasteiger partial charge is 0.326 e. The Hall–Kier alpha value is -1.14. The van der Waals surface area contributed by atoms with Crippen molar-refractivity contribution in [3.8, 4) is 0 Å². The molecule has 0 spiro atoms. The van der Waals surface area contributed by atoms with Crippen molar-refractivity contribution in [3.63, 3.8) is 0 Å². The lowest BCUT2D eigenvalue weighted by molar-refractivity contribution is 0.600. The van der Waals surface area contributed by atoms with E-state index in [9.17, 15) is 12.8 Å². The first-order valence-electron chi connectivity index (χ1n) is 5.02. The minimum absolute atomic E-state index is 0.177. The Bertz CT molecular complexity index is 498. The van der Waals surface area contributed by atoms with Gasteiger partial charge in [0, 0.05) is 6.54 Å². The molecule has 4 nitrogen and oxygen atoms in total. The Balaban J connectivity index is 2.23. The molecule has 0 bridgehead atoms. The fraction of sp³-hybridized carbons (Fsp3) is 0.400. The van der Waals surface area contributed by atoms with Crippen LogP contribution in [0.2, 0.25) is 0 Å². The van der Waals surface area contributed by atoms with Crippen LogP contribution in [0.1, 0.15) is 18.4 Å². The van der Waals surface area contributed by atoms with E-state index in [-0.39, 0.29) is 17.5 Å². The summed E-state index contributed by atoms with van der Waals surface area (Å²) in [7, 11) is -3.34. The van der Waals surface area contributed by atoms with Crippen LogP contribution in [-0.4, -0.2) is 13.7 Å². The Kier molecular flexibility index (Phi) is 2.86. The fourth-order valence-electron chi connectivity index (χ4n) is 1.45. The Morgan fingerprint density at radius 3 is 2.62 bits per heavy atom. The molecule has 16 heavy (non-hydrogen) atoms. The molecule has 1 aliphatic rings. The van der Waals surface area contributed by atoms with Gasteiger partial charge in [0.05, 0.1) is 10.9 Å². The highest BCUT2D eigenvalue weighted by Crippen LogP contribution is 2.30. The third-order valence-corrected chi connectivity index (χ3v) is 4.29. The van der Waals surface area contributed by atoms with E-state index in [1.54, 1.807) is 6.07 Å². The van der Waals surface area contributed by atoms with Gasteiger partial charge in [0.2, 0.25) is 10.0 Å². The highest BCUT2D eigenvalue weighted by molar-refractivity contribution is 7.93. The molecule has 3 N–H and O–H groups in total. The van der Waals surface area contributed by atoms with Crippen LogP contribution in [0, 0.1) is 5.82 Å². The van der Waals surface area contributed by atoms with Gasteiger partial charge in [-0.25, -0.2) is 12.8 Å². The van der Waals surface area contributed by atoms with Gasteiger partial charge in [0.1, 0.15) is 5.82 Å². The monoisotopic (exact) mass is 244 g/mol. The van der Waals surface area contributed by atoms with Crippen molar-refractivity contribution in [3.05, 3.63) is 29.6 Å². The summed E-state index contributed by atoms with van der Waals surface area (Å²) in [5, 5.41) is -0.322. The molecule has 0 radical (unpaired) electrons. The zero-order valence-electron chi connectivity index (χ0n) is 8.61. The molecular formula is C10H13FN2O2S. The number of hydrogen-bond acceptors (Lipinski definition) is 3. The van der Waals surface area contributed by atoms with Gasteiger partial charge in [-0.05, 0) is 36.6 Å². The smallest absolute Gasteiger partial charge is 0.235 e. The number of nitrogens with one attached hydrogen (secondary N) is 1. The van der Waals surface area contributed by atoms with Gasteiger partial charge in [0.25, 0.3) is 0 Å². The lowest BCUT2D eigenvalue weighted by Gasteiger charge is -2.08. The van der Waals surface area contributed by atoms with E-state index < -0.39 is 15.8 Å². The zero-order valence-corrected chi connectivity index (χ0v) is 9.43. The third-order valence-electron chi connectivity index (χ3n) is 2.42. The van der Waals surface area contributed by atoms with Crippen molar-refractivity contribution in [1.82, 2.24) is 0 Å². The highest BCUT2D eigenvalue weighted by atomic mass is 32.2. The van der Waals surface area contributed by atoms with Crippen molar-refractivity contribution in [2.75, 3.05) is 4.72 Å². The number of sulfonamides is 1. The molecule has 0 saturated heterocycles. The van der Waals surface area contributed by atoms with Crippen LogP contribution in [0.5, 0.6) is 0 Å². The molecule has 1 fully saturated rings. The van der Waals surface area contributed by atoms with E-state index in [2.05, 4.69) is 4.72 Å². The first-order chi connectivity index (χ1) is 7.51. The van der Waals surface area contributed by atoms with Gasteiger partial charge in [-0.1, -0.05) is 0 Å². The molecule has 0 atom stereocenters. The standard InChI is InChI=1S/C10H13FN2O2S/c11-8-3-7(6-12)4-9(5-8)13-16(14,15)10-1-2-10/h3-5,10,13H,1-2,6,12H2. The summed E-state index contributed by atoms with van der Waals surface area (Å²) in [6.07, 6.45) is 1.35. The van der Waals surface area contributed by atoms with E-state index in [0.717, 1.165) is 6.07 Å². The van der Waals surface area contributed by atoms with Gasteiger partial charge in [0.15, 0.2) is 0 Å². The predicted octanol–water partition coefficient (Wildman–Crippen LogP) is 1.19. The topological polar surface area (TPSA) is 72.2 Å². The molecular weight excluding hydrogens is 231 g/mol. The molecule has 6 heteroatoms. The number of nitrogens with two attached hydrogens (primary N) is 1. The first-order valence-corrected chi connectivity index (χ1v) is 6.57. The Morgan fingerprint density at radius 2 is 2.06 bits per heavy atom. The minimum Gasteiger partial charge on any atom is -0.326 e. The van der Waals surface area contributed by atoms with Gasteiger partial charge in [-0.15, -0.1) is 0 Å². The van der Waals surface area contributed by atoms with E-state index in [1.807, 2.05) is 0 Å². The van der Waals surface area contributed by atoms with E-state index >= 15 is 0 Å². The van der Waals surface area contributed by atoms with E-state index in [1.165, 1.54) is 6.07 Å². The summed E-state index contributed by atoms with van der Waals surface area (Å²) in [5.74, 6) is -0.489. The van der Waals surface area contributed by atoms with Gasteiger partial charge >= 0.3 is 0 Å². The summed E-state index contributed by atoms with van der Waals surface area (Å²) < 4.78 is 38.7. The van der Waals surface area contributed by atoms with Crippen LogP contribution in [0.3, 0.4) is 0 Å². The van der Waals surface area contributed by atoms with Gasteiger partial charge in [-0.2, -0.15) is 0 Å². The molecule has 1 aromatic carbocycles. The lowest BCUT2D eigenvalue weighted by atomic mass is 10.2. The quantitative estimate of drug-likeness (QED) is 0.835. The maximum atomic E-state index is 13.1. The summed E-state index contributed by atoms with van der Waals surface area (Å²) >= 11 is 0. The Morgan fingerprint density at radius 1 is 1.38 bits per heavy atom. The molecule has 2 rings (SSSR count). The van der Waals surface area contributed by atoms with Crippen molar-refractivity contribution < 1.29 is 12.8 Å². The number of halogens is 1. The molecule has 0 amide bonds. The normalized spacial score (nSPS) is 16.1. The van der Waals surface area contributed by atoms with Gasteiger partial charge < -0.3 is 5.73 Å². The maximum absolute atomic E-state index is 13.1. The van der Waals surface area contributed by atoms with Crippen molar-refractivity contribution >= 4 is 15.7 Å². The zero-order chi connectivity index (χ0) is 11.8. The molecule has 0 aliphatic heterocycles. The van der Waals surface area contributed by atoms with Crippen molar-refractivity contribution in [2.45, 2.75) is 24.6 Å². The molecule has 1 aliphatic carbocycles. The predicted molar refractivity (Wildman–Crippen MR) is 59.9 cm³/mol. The number of anilines is 1. The molecule has 1 saturated carbocycles. The summed E-state index contributed by atoms with van der Waals surface area (Å²) in [5.41, 5.74) is 6.19. The summed E-state index contributed by atoms with van der Waals surface area (Å²) in [6.45, 7) is 0.177. The van der Waals surface area contributed by atoms with Crippen LogP contribution in [0.15, 0.2) is 18.2 Å². The van der Waals surface area contributed by atoms with Crippen LogP contribution < -0.4 is 10.5 Å². The summed E-state index contributed by atoms with van der Waals surface area (Å²) in [6, 6.07) is 3.98. The maximum Gasteiger partial charge on any atom is 0.235 e. The average Bonchev–Trinajstić information content (AvgIpc) is 2.98. The second-order valence-corrected chi connectivity index (χ2v) is 5.86. The second-order valence-electron chi connectivity index (χ2n) is 3.90. The fourth-order valence-corrected chi connectivity index (χ4v) is 2.82. The molecule has 0 aromatic heterocycles. The summed E-state index contributed by atoms with van der Waals surface area (Å²) in [4.78, 5) is 0. The van der Waals surface area contributed by atoms with Crippen molar-refractivity contribution in [1.29, 1.82) is 0 Å². The molecule has 88 valence electrons. The van der Waals surface area contributed by atoms with E-state index in [0.29, 0.717) is 18.4 Å². The molecule has 0 heterocycles. The lowest BCUT2D eigenvalue weighted by Crippen LogP contribution is -2.17. The van der Waals surface area contributed by atoms with Crippen LogP contribution in [0.25, 0.3) is 0 Å². The SMILES string of the molecule is NCc1cc(F)cc(NS(=O)(=O)C2CC2)c1. The second kappa shape index (κ2) is 4.03. The molecule has 0 unspecified atom stereocenters. The number of rotatable bonds is 4. The van der Waals surface area contributed by atoms with Crippen molar-refractivity contribution in [2.24, 2.45) is 5.73 Å². The molecule has 1 aromatic rings. The minimum atomic E-state index is -3.34. The van der Waals surface area contributed by atoms with Crippen LogP contribution in [0.4, 0.5) is 10.1 Å². The van der Waals surface area contributed by atoms with E-state index in [4.69, 9.17) is 5.73 Å². The van der Waals surface area contributed by atoms with Gasteiger partial charge in [-0.3, -0.25) is 4.72 Å². The average molecular weight is 244 g/mol. The number of hydrogen-bond donors (Lipinski definition) is 2. The van der Waals surface area contributed by atoms with Crippen LogP contribution >= 0.6 is 0 Å².